The third-order valence-electron chi connectivity index (χ3n) is 3.34. The summed E-state index contributed by atoms with van der Waals surface area (Å²) in [5, 5.41) is 10.9. The van der Waals surface area contributed by atoms with E-state index >= 15 is 0 Å². The van der Waals surface area contributed by atoms with Crippen LogP contribution in [0.4, 0.5) is 0 Å². The molecule has 122 valence electrons. The van der Waals surface area contributed by atoms with Crippen LogP contribution in [0.1, 0.15) is 40.0 Å². The first kappa shape index (κ1) is 17.1. The van der Waals surface area contributed by atoms with Crippen molar-refractivity contribution in [2.45, 2.75) is 13.3 Å². The van der Waals surface area contributed by atoms with Crippen molar-refractivity contribution in [3.05, 3.63) is 53.4 Å². The van der Waals surface area contributed by atoms with Crippen molar-refractivity contribution in [3.8, 4) is 6.07 Å². The third kappa shape index (κ3) is 4.14. The molecule has 0 aliphatic carbocycles. The molecule has 0 aliphatic rings. The fourth-order valence-corrected chi connectivity index (χ4v) is 2.22. The Morgan fingerprint density at radius 1 is 1.42 bits per heavy atom. The van der Waals surface area contributed by atoms with Gasteiger partial charge in [0.25, 0.3) is 5.91 Å². The Morgan fingerprint density at radius 2 is 2.21 bits per heavy atom. The number of pyridine rings is 1. The Kier molecular flexibility index (Phi) is 5.58. The largest absolute Gasteiger partial charge is 0.336 e. The molecule has 0 bridgehead atoms. The Labute approximate surface area is 139 Å². The molecule has 0 unspecified atom stereocenters. The van der Waals surface area contributed by atoms with Crippen molar-refractivity contribution in [3.63, 3.8) is 0 Å². The molecule has 1 N–H and O–H groups in total. The van der Waals surface area contributed by atoms with Crippen LogP contribution in [0.5, 0.6) is 0 Å². The van der Waals surface area contributed by atoms with Crippen molar-refractivity contribution in [1.82, 2.24) is 19.9 Å². The van der Waals surface area contributed by atoms with Gasteiger partial charge in [0.2, 0.25) is 0 Å². The van der Waals surface area contributed by atoms with Gasteiger partial charge in [0.15, 0.2) is 11.6 Å². The van der Waals surface area contributed by atoms with E-state index in [-0.39, 0.29) is 24.6 Å². The predicted molar refractivity (Wildman–Crippen MR) is 88.0 cm³/mol. The predicted octanol–water partition coefficient (Wildman–Crippen LogP) is 1.74. The van der Waals surface area contributed by atoms with Gasteiger partial charge in [-0.2, -0.15) is 5.26 Å². The minimum absolute atomic E-state index is 0.0995. The summed E-state index contributed by atoms with van der Waals surface area (Å²) < 4.78 is 1.44. The lowest BCUT2D eigenvalue weighted by molar-refractivity contribution is 0.0944. The number of imidazole rings is 1. The summed E-state index contributed by atoms with van der Waals surface area (Å²) in [6, 6.07) is 5.55. The average molecular weight is 323 g/mol. The number of nitrogens with one attached hydrogen (secondary N) is 1. The number of allylic oxidation sites excluding steroid dienone is 1. The topological polar surface area (TPSA) is 101 Å². The molecular formula is C17H17N5O2. The Balaban J connectivity index is 2.11. The highest BCUT2D eigenvalue weighted by Crippen LogP contribution is 2.13. The van der Waals surface area contributed by atoms with E-state index in [9.17, 15) is 9.59 Å². The van der Waals surface area contributed by atoms with Crippen LogP contribution >= 0.6 is 0 Å². The molecule has 7 nitrogen and oxygen atoms in total. The maximum atomic E-state index is 12.4. The molecule has 1 amide bonds. The number of amides is 1. The molecule has 24 heavy (non-hydrogen) atoms. The van der Waals surface area contributed by atoms with Gasteiger partial charge in [0.1, 0.15) is 12.2 Å². The number of nitriles is 1. The van der Waals surface area contributed by atoms with E-state index in [0.29, 0.717) is 5.69 Å². The van der Waals surface area contributed by atoms with E-state index in [1.165, 1.54) is 10.8 Å². The maximum Gasteiger partial charge on any atom is 0.288 e. The summed E-state index contributed by atoms with van der Waals surface area (Å²) >= 11 is 0. The second-order valence-corrected chi connectivity index (χ2v) is 5.24. The molecule has 7 heteroatoms. The van der Waals surface area contributed by atoms with Crippen molar-refractivity contribution in [1.29, 1.82) is 5.26 Å². The third-order valence-corrected chi connectivity index (χ3v) is 3.34. The van der Waals surface area contributed by atoms with Gasteiger partial charge in [-0.25, -0.2) is 4.98 Å². The van der Waals surface area contributed by atoms with Crippen LogP contribution in [0.15, 0.2) is 36.3 Å². The number of Topliss-reactive ketones (excluding diaryl/α,β-unsaturated/α-hetero) is 1. The Morgan fingerprint density at radius 3 is 2.88 bits per heavy atom. The smallest absolute Gasteiger partial charge is 0.288 e. The van der Waals surface area contributed by atoms with E-state index in [0.717, 1.165) is 11.1 Å². The van der Waals surface area contributed by atoms with Crippen molar-refractivity contribution < 1.29 is 9.59 Å². The number of rotatable bonds is 6. The first-order valence-electron chi connectivity index (χ1n) is 7.30. The van der Waals surface area contributed by atoms with Gasteiger partial charge in [-0.1, -0.05) is 17.7 Å². The molecule has 0 saturated heterocycles. The lowest BCUT2D eigenvalue weighted by Gasteiger charge is -2.05. The van der Waals surface area contributed by atoms with Gasteiger partial charge < -0.3 is 9.88 Å². The molecule has 0 fully saturated rings. The highest BCUT2D eigenvalue weighted by molar-refractivity contribution is 5.98. The van der Waals surface area contributed by atoms with Crippen LogP contribution in [-0.2, 0) is 7.05 Å². The second kappa shape index (κ2) is 7.83. The summed E-state index contributed by atoms with van der Waals surface area (Å²) in [5.41, 5.74) is 2.14. The molecule has 0 saturated carbocycles. The van der Waals surface area contributed by atoms with Gasteiger partial charge in [0, 0.05) is 25.9 Å². The molecule has 0 spiro atoms. The highest BCUT2D eigenvalue weighted by Gasteiger charge is 2.18. The van der Waals surface area contributed by atoms with Crippen LogP contribution in [-0.4, -0.2) is 32.8 Å². The normalized spacial score (nSPS) is 11.0. The number of carbonyl (C=O) groups excluding carboxylic acids is 2. The molecule has 0 radical (unpaired) electrons. The molecule has 2 aromatic heterocycles. The lowest BCUT2D eigenvalue weighted by atomic mass is 10.1. The average Bonchev–Trinajstić information content (AvgIpc) is 2.95. The van der Waals surface area contributed by atoms with Gasteiger partial charge in [-0.05, 0) is 18.6 Å². The van der Waals surface area contributed by atoms with E-state index < -0.39 is 5.91 Å². The number of carbonyl (C=O) groups is 2. The van der Waals surface area contributed by atoms with Crippen molar-refractivity contribution >= 4 is 17.8 Å². The number of hydrogen-bond donors (Lipinski definition) is 1. The number of aromatic nitrogens is 3. The molecular weight excluding hydrogens is 306 g/mol. The fraction of sp³-hybridized carbons (Fsp3) is 0.235. The van der Waals surface area contributed by atoms with Crippen LogP contribution in [0.2, 0.25) is 0 Å². The van der Waals surface area contributed by atoms with Crippen LogP contribution in [0.3, 0.4) is 0 Å². The summed E-state index contributed by atoms with van der Waals surface area (Å²) in [7, 11) is 1.60. The first-order valence-corrected chi connectivity index (χ1v) is 7.30. The van der Waals surface area contributed by atoms with Gasteiger partial charge in [0.05, 0.1) is 12.3 Å². The highest BCUT2D eigenvalue weighted by atomic mass is 16.2. The zero-order valence-corrected chi connectivity index (χ0v) is 13.5. The molecule has 0 aromatic carbocycles. The van der Waals surface area contributed by atoms with Gasteiger partial charge >= 0.3 is 0 Å². The van der Waals surface area contributed by atoms with E-state index in [4.69, 9.17) is 5.26 Å². The summed E-state index contributed by atoms with van der Waals surface area (Å²) in [6.07, 6.45) is 6.89. The van der Waals surface area contributed by atoms with Crippen LogP contribution in [0, 0.1) is 11.3 Å². The van der Waals surface area contributed by atoms with E-state index in [1.54, 1.807) is 19.4 Å². The first-order chi connectivity index (χ1) is 11.5. The lowest BCUT2D eigenvalue weighted by Crippen LogP contribution is -2.27. The number of hydrogen-bond acceptors (Lipinski definition) is 5. The SMILES string of the molecule is C/C(=C\c1cccnc1)CC(=O)c1cnc(C(=O)NCC#N)n1C. The molecule has 2 rings (SSSR count). The number of nitrogens with zero attached hydrogens (tertiary/aromatic N) is 4. The molecule has 0 atom stereocenters. The standard InChI is InChI=1S/C17H17N5O2/c1-12(8-13-4-3-6-19-10-13)9-15(23)14-11-21-16(22(14)2)17(24)20-7-5-18/h3-4,6,8,10-11H,7,9H2,1-2H3,(H,20,24)/b12-8+. The van der Waals surface area contributed by atoms with Crippen LogP contribution in [0.25, 0.3) is 6.08 Å². The summed E-state index contributed by atoms with van der Waals surface area (Å²) in [5.74, 6) is -0.523. The maximum absolute atomic E-state index is 12.4. The number of ketones is 1. The van der Waals surface area contributed by atoms with E-state index in [2.05, 4.69) is 15.3 Å². The molecule has 0 aliphatic heterocycles. The van der Waals surface area contributed by atoms with E-state index in [1.807, 2.05) is 31.2 Å². The second-order valence-electron chi connectivity index (χ2n) is 5.24. The zero-order chi connectivity index (χ0) is 17.5. The fourth-order valence-electron chi connectivity index (χ4n) is 2.22. The quantitative estimate of drug-likeness (QED) is 0.644. The zero-order valence-electron chi connectivity index (χ0n) is 13.5. The molecule has 2 aromatic rings. The monoisotopic (exact) mass is 323 g/mol. The van der Waals surface area contributed by atoms with Gasteiger partial charge in [-0.15, -0.1) is 0 Å². The summed E-state index contributed by atoms with van der Waals surface area (Å²) in [6.45, 7) is 1.75. The molecule has 2 heterocycles. The van der Waals surface area contributed by atoms with Gasteiger partial charge in [-0.3, -0.25) is 14.6 Å². The van der Waals surface area contributed by atoms with Crippen molar-refractivity contribution in [2.75, 3.05) is 6.54 Å². The minimum Gasteiger partial charge on any atom is -0.336 e. The Bertz CT molecular complexity index is 815. The Hall–Kier alpha value is -3.27. The van der Waals surface area contributed by atoms with Crippen LogP contribution < -0.4 is 5.32 Å². The summed E-state index contributed by atoms with van der Waals surface area (Å²) in [4.78, 5) is 32.3. The minimum atomic E-state index is -0.485. The van der Waals surface area contributed by atoms with Crippen molar-refractivity contribution in [2.24, 2.45) is 7.05 Å².